The summed E-state index contributed by atoms with van der Waals surface area (Å²) in [6, 6.07) is 21.9. The molecule has 0 aromatic heterocycles. The van der Waals surface area contributed by atoms with E-state index in [0.717, 1.165) is 60.5 Å². The molecule has 0 bridgehead atoms. The maximum atomic E-state index is 13.1. The number of fused-ring (bicyclic) bond motifs is 1. The van der Waals surface area contributed by atoms with Gasteiger partial charge in [0.2, 0.25) is 0 Å². The number of piperidine rings is 1. The largest absolute Gasteiger partial charge is 0.334 e. The van der Waals surface area contributed by atoms with Crippen molar-refractivity contribution in [1.29, 1.82) is 0 Å². The van der Waals surface area contributed by atoms with E-state index in [1.165, 1.54) is 5.56 Å². The Morgan fingerprint density at radius 2 is 1.61 bits per heavy atom. The summed E-state index contributed by atoms with van der Waals surface area (Å²) in [7, 11) is 0.923. The van der Waals surface area contributed by atoms with Crippen LogP contribution in [0.4, 0.5) is 0 Å². The Morgan fingerprint density at radius 3 is 2.29 bits per heavy atom. The van der Waals surface area contributed by atoms with Gasteiger partial charge in [-0.2, -0.15) is 0 Å². The number of rotatable bonds is 7. The molecule has 1 unspecified atom stereocenters. The zero-order chi connectivity index (χ0) is 26.1. The second-order valence-electron chi connectivity index (χ2n) is 10.1. The van der Waals surface area contributed by atoms with E-state index in [2.05, 4.69) is 23.1 Å². The van der Waals surface area contributed by atoms with Gasteiger partial charge in [0, 0.05) is 29.7 Å². The van der Waals surface area contributed by atoms with Crippen LogP contribution in [0.3, 0.4) is 0 Å². The van der Waals surface area contributed by atoms with Gasteiger partial charge in [0.25, 0.3) is 5.91 Å². The smallest absolute Gasteiger partial charge is 0.254 e. The summed E-state index contributed by atoms with van der Waals surface area (Å²) < 4.78 is 12.2. The predicted molar refractivity (Wildman–Crippen MR) is 160 cm³/mol. The zero-order valence-electron chi connectivity index (χ0n) is 21.6. The van der Waals surface area contributed by atoms with Gasteiger partial charge >= 0.3 is 0 Å². The third kappa shape index (κ3) is 5.83. The highest BCUT2D eigenvalue weighted by atomic mass is 35.5. The fourth-order valence-corrected chi connectivity index (χ4v) is 7.22. The number of halogens is 3. The minimum absolute atomic E-state index is 0. The van der Waals surface area contributed by atoms with E-state index >= 15 is 0 Å². The highest BCUT2D eigenvalue weighted by Gasteiger charge is 2.39. The fraction of sp³-hybridized carbons (Fsp3) is 0.367. The molecule has 5 rings (SSSR count). The van der Waals surface area contributed by atoms with Crippen LogP contribution < -0.4 is 0 Å². The Kier molecular flexibility index (Phi) is 9.59. The monoisotopic (exact) mass is 590 g/mol. The molecule has 1 saturated heterocycles. The van der Waals surface area contributed by atoms with Gasteiger partial charge in [-0.1, -0.05) is 65.7 Å². The van der Waals surface area contributed by atoms with Crippen LogP contribution in [0.1, 0.15) is 64.2 Å². The van der Waals surface area contributed by atoms with Crippen molar-refractivity contribution in [2.45, 2.75) is 42.0 Å². The minimum atomic E-state index is -0.978. The van der Waals surface area contributed by atoms with Crippen molar-refractivity contribution in [2.24, 2.45) is 0 Å². The van der Waals surface area contributed by atoms with Gasteiger partial charge < -0.3 is 9.80 Å². The molecule has 3 atom stereocenters. The fourth-order valence-electron chi connectivity index (χ4n) is 6.08. The van der Waals surface area contributed by atoms with Gasteiger partial charge in [0.15, 0.2) is 0 Å². The number of carbonyl (C=O) groups is 1. The molecule has 0 spiro atoms. The van der Waals surface area contributed by atoms with Crippen molar-refractivity contribution in [1.82, 2.24) is 9.80 Å². The summed E-state index contributed by atoms with van der Waals surface area (Å²) in [4.78, 5) is 18.4. The SMILES string of the molecule is CN1C(=O)c2ccccc2[C@H]1[C@@H](CCN1CCC(c2ccccc2S(C)=O)CC1)c1ccc(Cl)c(Cl)c1.Cl. The maximum Gasteiger partial charge on any atom is 0.254 e. The van der Waals surface area contributed by atoms with Crippen molar-refractivity contribution >= 4 is 52.3 Å². The Bertz CT molecular complexity index is 1330. The first-order valence-corrected chi connectivity index (χ1v) is 15.1. The van der Waals surface area contributed by atoms with E-state index < -0.39 is 10.8 Å². The average Bonchev–Trinajstić information content (AvgIpc) is 3.16. The zero-order valence-corrected chi connectivity index (χ0v) is 24.8. The van der Waals surface area contributed by atoms with Crippen LogP contribution in [0, 0.1) is 0 Å². The van der Waals surface area contributed by atoms with E-state index in [0.29, 0.717) is 16.0 Å². The topological polar surface area (TPSA) is 40.6 Å². The number of likely N-dealkylation sites (N-methyl/N-ethyl adjacent to an activating group) is 1. The molecule has 2 aliphatic rings. The van der Waals surface area contributed by atoms with E-state index in [4.69, 9.17) is 23.2 Å². The number of amides is 1. The second-order valence-corrected chi connectivity index (χ2v) is 12.3. The maximum absolute atomic E-state index is 13.1. The lowest BCUT2D eigenvalue weighted by Crippen LogP contribution is -2.36. The van der Waals surface area contributed by atoms with Gasteiger partial charge in [-0.15, -0.1) is 12.4 Å². The van der Waals surface area contributed by atoms with Crippen molar-refractivity contribution in [2.75, 3.05) is 32.9 Å². The highest BCUT2D eigenvalue weighted by Crippen LogP contribution is 2.45. The Morgan fingerprint density at radius 1 is 0.947 bits per heavy atom. The van der Waals surface area contributed by atoms with Crippen LogP contribution >= 0.6 is 35.6 Å². The highest BCUT2D eigenvalue weighted by molar-refractivity contribution is 7.84. The van der Waals surface area contributed by atoms with Gasteiger partial charge in [-0.05, 0) is 85.8 Å². The molecule has 0 aliphatic carbocycles. The molecule has 1 fully saturated rings. The van der Waals surface area contributed by atoms with Crippen molar-refractivity contribution in [3.8, 4) is 0 Å². The van der Waals surface area contributed by atoms with Gasteiger partial charge in [0.1, 0.15) is 0 Å². The molecule has 0 radical (unpaired) electrons. The molecule has 4 nitrogen and oxygen atoms in total. The Hall–Kier alpha value is -1.89. The lowest BCUT2D eigenvalue weighted by atomic mass is 9.84. The molecule has 38 heavy (non-hydrogen) atoms. The van der Waals surface area contributed by atoms with Crippen LogP contribution in [0.2, 0.25) is 10.0 Å². The van der Waals surface area contributed by atoms with Crippen LogP contribution in [0.15, 0.2) is 71.6 Å². The second kappa shape index (κ2) is 12.5. The molecule has 1 amide bonds. The summed E-state index contributed by atoms with van der Waals surface area (Å²) in [5.41, 5.74) is 4.20. The number of nitrogens with zero attached hydrogens (tertiary/aromatic N) is 2. The molecular formula is C30H33Cl3N2O2S. The molecule has 2 aliphatic heterocycles. The Balaban J connectivity index is 0.00000336. The number of carbonyl (C=O) groups excluding carboxylic acids is 1. The lowest BCUT2D eigenvalue weighted by Gasteiger charge is -2.36. The van der Waals surface area contributed by atoms with Crippen LogP contribution in [0.5, 0.6) is 0 Å². The van der Waals surface area contributed by atoms with E-state index in [-0.39, 0.29) is 30.3 Å². The van der Waals surface area contributed by atoms with E-state index in [1.807, 2.05) is 60.5 Å². The van der Waals surface area contributed by atoms with Crippen molar-refractivity contribution in [3.05, 3.63) is 99.0 Å². The average molecular weight is 592 g/mol. The molecule has 0 N–H and O–H groups in total. The van der Waals surface area contributed by atoms with Gasteiger partial charge in [-0.3, -0.25) is 9.00 Å². The molecular weight excluding hydrogens is 559 g/mol. The summed E-state index contributed by atoms with van der Waals surface area (Å²) in [6.45, 7) is 2.93. The number of benzene rings is 3. The summed E-state index contributed by atoms with van der Waals surface area (Å²) in [5.74, 6) is 0.597. The standard InChI is InChI=1S/C30H32Cl2N2O2S.ClH/c1-33-29(24-8-3-4-9-25(24)30(33)35)23(21-11-12-26(31)27(32)19-21)15-18-34-16-13-20(14-17-34)22-7-5-6-10-28(22)37(2)36;/h3-12,19-20,23,29H,13-18H2,1-2H3;1H/t23-,29+,37?;/m0./s1. The Labute approximate surface area is 244 Å². The first-order chi connectivity index (χ1) is 17.8. The van der Waals surface area contributed by atoms with Gasteiger partial charge in [-0.25, -0.2) is 0 Å². The first-order valence-electron chi connectivity index (χ1n) is 12.8. The summed E-state index contributed by atoms with van der Waals surface area (Å²) >= 11 is 12.7. The molecule has 2 heterocycles. The third-order valence-corrected chi connectivity index (χ3v) is 9.74. The predicted octanol–water partition coefficient (Wildman–Crippen LogP) is 7.33. The normalized spacial score (nSPS) is 19.6. The van der Waals surface area contributed by atoms with Gasteiger partial charge in [0.05, 0.1) is 26.9 Å². The summed E-state index contributed by atoms with van der Waals surface area (Å²) in [5, 5.41) is 1.08. The third-order valence-electron chi connectivity index (χ3n) is 8.01. The quantitative estimate of drug-likeness (QED) is 0.289. The van der Waals surface area contributed by atoms with Crippen molar-refractivity contribution in [3.63, 3.8) is 0 Å². The molecule has 3 aromatic rings. The van der Waals surface area contributed by atoms with Crippen LogP contribution in [-0.4, -0.2) is 52.9 Å². The molecule has 0 saturated carbocycles. The van der Waals surface area contributed by atoms with Crippen LogP contribution in [0.25, 0.3) is 0 Å². The molecule has 8 heteroatoms. The number of likely N-dealkylation sites (tertiary alicyclic amines) is 1. The van der Waals surface area contributed by atoms with Crippen LogP contribution in [-0.2, 0) is 10.8 Å². The number of hydrogen-bond acceptors (Lipinski definition) is 3. The minimum Gasteiger partial charge on any atom is -0.334 e. The number of hydrogen-bond donors (Lipinski definition) is 0. The summed E-state index contributed by atoms with van der Waals surface area (Å²) in [6.07, 6.45) is 4.77. The van der Waals surface area contributed by atoms with E-state index in [1.54, 1.807) is 6.26 Å². The van der Waals surface area contributed by atoms with E-state index in [9.17, 15) is 9.00 Å². The first kappa shape index (κ1) is 29.1. The molecule has 3 aromatic carbocycles. The lowest BCUT2D eigenvalue weighted by molar-refractivity contribution is 0.0746. The molecule has 202 valence electrons. The van der Waals surface area contributed by atoms with Crippen molar-refractivity contribution < 1.29 is 9.00 Å².